The molecule has 5 aliphatic rings. The van der Waals surface area contributed by atoms with Crippen LogP contribution in [-0.4, -0.2) is 206 Å². The molecule has 28 nitrogen and oxygen atoms in total. The van der Waals surface area contributed by atoms with Gasteiger partial charge in [0.05, 0.1) is 12.5 Å². The largest absolute Gasteiger partial charge is 0.505 e. The van der Waals surface area contributed by atoms with Crippen LogP contribution in [-0.2, 0) is 70.3 Å². The number of Topliss-reactive ketones (excluding diaryl/α,β-unsaturated/α-hetero) is 2. The number of allylic oxidation sites excluding steroid dienone is 2. The van der Waals surface area contributed by atoms with Gasteiger partial charge in [-0.15, -0.1) is 0 Å². The molecular formula is C73H89N11O17. The molecule has 9 rings (SSSR count). The lowest BCUT2D eigenvalue weighted by atomic mass is 9.94. The van der Waals surface area contributed by atoms with Crippen LogP contribution >= 0.6 is 0 Å². The van der Waals surface area contributed by atoms with Crippen molar-refractivity contribution < 1.29 is 81.6 Å². The number of nitrogens with zero attached hydrogens (tertiary/aromatic N) is 7. The molecule has 1 unspecified atom stereocenters. The number of carbonyl (C=O) groups is 12. The molecule has 2 aromatic carbocycles. The first-order chi connectivity index (χ1) is 48.1. The summed E-state index contributed by atoms with van der Waals surface area (Å²) < 4.78 is 17.0. The molecule has 5 aliphatic heterocycles. The summed E-state index contributed by atoms with van der Waals surface area (Å²) >= 11 is 0. The third-order valence-electron chi connectivity index (χ3n) is 18.0. The molecule has 4 aromatic rings. The van der Waals surface area contributed by atoms with Crippen molar-refractivity contribution in [1.82, 2.24) is 50.8 Å². The van der Waals surface area contributed by atoms with E-state index in [1.54, 1.807) is 74.6 Å². The number of benzene rings is 2. The fourth-order valence-electron chi connectivity index (χ4n) is 12.5. The van der Waals surface area contributed by atoms with E-state index in [1.165, 1.54) is 58.0 Å². The number of hydrogen-bond donors (Lipinski definition) is 6. The van der Waals surface area contributed by atoms with Crippen LogP contribution in [0.1, 0.15) is 131 Å². The number of esters is 2. The van der Waals surface area contributed by atoms with Crippen LogP contribution < -0.4 is 26.2 Å². The summed E-state index contributed by atoms with van der Waals surface area (Å²) in [5.74, 6) is -8.40. The Morgan fingerprint density at radius 1 is 0.822 bits per heavy atom. The SMILES string of the molecule is CC1=C\[C@@H](O)CC(=O)Cc2nc(co2)C(=O)N2CCC=C2C(=O)O[C@H](C(C)C)[C@H](C)/C=C/C(=O)NC\C=C\1.CC[C@H]1NC(=O)[C@@H](NC(=O)c2ncccc2O)C(C)OC(=O)[C@H](c2ccccc2)NC(=O)[C@@H]2CC(=O)CCN2C(=O)[C@H](Cc2ccc(N(C)C)cc2)N(C)C(=O)[C@@H]2CCCN2C1=O. The van der Waals surface area contributed by atoms with E-state index in [0.717, 1.165) is 17.5 Å². The minimum absolute atomic E-state index is 0.0299. The lowest BCUT2D eigenvalue weighted by Crippen LogP contribution is -2.61. The van der Waals surface area contributed by atoms with E-state index in [9.17, 15) is 67.7 Å². The lowest BCUT2D eigenvalue weighted by molar-refractivity contribution is -0.157. The summed E-state index contributed by atoms with van der Waals surface area (Å²) in [6.45, 7) is 11.0. The van der Waals surface area contributed by atoms with Crippen molar-refractivity contribution in [2.75, 3.05) is 52.2 Å². The van der Waals surface area contributed by atoms with Crippen LogP contribution in [0.2, 0.25) is 0 Å². The monoisotopic (exact) mass is 1390 g/mol. The normalized spacial score (nSPS) is 26.3. The third-order valence-corrected chi connectivity index (χ3v) is 18.0. The van der Waals surface area contributed by atoms with Gasteiger partial charge in [0, 0.05) is 90.8 Å². The molecule has 2 aromatic heterocycles. The molecule has 0 radical (unpaired) electrons. The average molecular weight is 1390 g/mol. The zero-order valence-corrected chi connectivity index (χ0v) is 58.2. The molecule has 6 N–H and O–H groups in total. The molecule has 2 bridgehead atoms. The molecule has 101 heavy (non-hydrogen) atoms. The number of aromatic hydroxyl groups is 1. The fraction of sp³-hybridized carbons (Fsp3) is 0.452. The topological polar surface area (TPSA) is 367 Å². The quantitative estimate of drug-likeness (QED) is 0.136. The highest BCUT2D eigenvalue weighted by molar-refractivity contribution is 6.02. The third kappa shape index (κ3) is 19.6. The standard InChI is InChI=1S/C45H54N8O10.C28H35N3O7/c1-6-31-42(59)52-22-11-14-32(52)43(60)51(5)34(24-27-16-18-29(19-17-27)50(3)4)44(61)53-23-20-30(54)25-33(53)39(56)49-37(28-12-8-7-9-13-28)45(62)63-26(2)36(40(57)47-31)48-41(58)38-35(55)15-10-21-46-38;1-17(2)26-19(4)9-10-24(34)29-11-5-7-18(3)13-20(32)14-21(33)15-25-30-22(16-37-25)27(35)31-12-6-8-23(31)28(36)38-26/h7-10,12-13,15-19,21,26,31-34,36-37,55H,6,11,14,20,22-25H2,1-5H3,(H,47,57)(H,48,58)(H,49,56);5,7-10,13,16-17,19-20,26,32H,6,11-12,14-15H2,1-4H3,(H,29,34)/b;7-5+,10-9+,18-13+/t26?,31-,32+,33+,34+,36+,37+;19-,20-,26-/m11/s1. The van der Waals surface area contributed by atoms with Crippen LogP contribution in [0, 0.1) is 11.8 Å². The number of aliphatic hydroxyl groups excluding tert-OH is 1. The van der Waals surface area contributed by atoms with Crippen LogP contribution in [0.15, 0.2) is 131 Å². The first kappa shape index (κ1) is 76.1. The van der Waals surface area contributed by atoms with Gasteiger partial charge in [-0.3, -0.25) is 47.9 Å². The van der Waals surface area contributed by atoms with Gasteiger partial charge < -0.3 is 69.9 Å². The van der Waals surface area contributed by atoms with Crippen molar-refractivity contribution >= 4 is 76.4 Å². The smallest absolute Gasteiger partial charge is 0.355 e. The summed E-state index contributed by atoms with van der Waals surface area (Å²) in [6, 6.07) is 10.1. The van der Waals surface area contributed by atoms with E-state index in [1.807, 2.05) is 64.0 Å². The molecule has 0 aliphatic carbocycles. The molecule has 538 valence electrons. The number of fused-ring (bicyclic) bond motifs is 5. The number of aliphatic hydroxyl groups is 1. The molecule has 8 amide bonds. The predicted molar refractivity (Wildman–Crippen MR) is 366 cm³/mol. The van der Waals surface area contributed by atoms with Crippen molar-refractivity contribution in [3.63, 3.8) is 0 Å². The van der Waals surface area contributed by atoms with Gasteiger partial charge >= 0.3 is 11.9 Å². The number of hydrogen-bond acceptors (Lipinski definition) is 20. The number of anilines is 1. The minimum Gasteiger partial charge on any atom is -0.505 e. The van der Waals surface area contributed by atoms with E-state index in [0.29, 0.717) is 18.4 Å². The second-order valence-corrected chi connectivity index (χ2v) is 26.1. The van der Waals surface area contributed by atoms with Gasteiger partial charge in [-0.25, -0.2) is 19.6 Å². The predicted octanol–water partition coefficient (Wildman–Crippen LogP) is 3.93. The van der Waals surface area contributed by atoms with Crippen LogP contribution in [0.25, 0.3) is 0 Å². The van der Waals surface area contributed by atoms with Gasteiger partial charge in [0.2, 0.25) is 41.3 Å². The Morgan fingerprint density at radius 2 is 1.54 bits per heavy atom. The number of rotatable bonds is 8. The summed E-state index contributed by atoms with van der Waals surface area (Å²) in [6.07, 6.45) is 9.66. The van der Waals surface area contributed by atoms with Crippen molar-refractivity contribution in [1.29, 1.82) is 0 Å². The maximum atomic E-state index is 15.0. The highest BCUT2D eigenvalue weighted by atomic mass is 16.6. The molecule has 0 spiro atoms. The number of amides is 8. The van der Waals surface area contributed by atoms with Gasteiger partial charge in [0.15, 0.2) is 17.4 Å². The van der Waals surface area contributed by atoms with Gasteiger partial charge in [-0.2, -0.15) is 0 Å². The Morgan fingerprint density at radius 3 is 2.24 bits per heavy atom. The van der Waals surface area contributed by atoms with E-state index >= 15 is 0 Å². The first-order valence-electron chi connectivity index (χ1n) is 33.8. The average Bonchev–Trinajstić information content (AvgIpc) is 1.79. The number of cyclic esters (lactones) is 2. The maximum absolute atomic E-state index is 15.0. The molecule has 28 heteroatoms. The maximum Gasteiger partial charge on any atom is 0.355 e. The Balaban J connectivity index is 0.000000291. The molecular weight excluding hydrogens is 1300 g/mol. The highest BCUT2D eigenvalue weighted by Crippen LogP contribution is 2.29. The van der Waals surface area contributed by atoms with Crippen molar-refractivity contribution in [3.8, 4) is 5.75 Å². The zero-order chi connectivity index (χ0) is 73.4. The summed E-state index contributed by atoms with van der Waals surface area (Å²) in [5, 5.41) is 31.2. The Kier molecular flexibility index (Phi) is 26.3. The van der Waals surface area contributed by atoms with Crippen LogP contribution in [0.5, 0.6) is 5.75 Å². The van der Waals surface area contributed by atoms with Crippen molar-refractivity contribution in [2.24, 2.45) is 11.8 Å². The molecule has 0 saturated carbocycles. The fourth-order valence-corrected chi connectivity index (χ4v) is 12.5. The number of ether oxygens (including phenoxy) is 2. The van der Waals surface area contributed by atoms with Crippen molar-refractivity contribution in [3.05, 3.63) is 155 Å². The van der Waals surface area contributed by atoms with Gasteiger partial charge in [0.25, 0.3) is 11.8 Å². The molecule has 10 atom stereocenters. The van der Waals surface area contributed by atoms with E-state index in [2.05, 4.69) is 31.2 Å². The van der Waals surface area contributed by atoms with Crippen LogP contribution in [0.3, 0.4) is 0 Å². The number of oxazole rings is 1. The lowest BCUT2D eigenvalue weighted by Gasteiger charge is -2.40. The van der Waals surface area contributed by atoms with Crippen LogP contribution in [0.4, 0.5) is 5.69 Å². The van der Waals surface area contributed by atoms with Gasteiger partial charge in [0.1, 0.15) is 71.7 Å². The Bertz CT molecular complexity index is 3860. The van der Waals surface area contributed by atoms with Crippen molar-refractivity contribution in [2.45, 2.75) is 154 Å². The molecule has 7 heterocycles. The second-order valence-electron chi connectivity index (χ2n) is 26.1. The summed E-state index contributed by atoms with van der Waals surface area (Å²) in [7, 11) is 5.25. The number of piperidine rings is 1. The summed E-state index contributed by atoms with van der Waals surface area (Å²) in [5.41, 5.74) is 2.26. The van der Waals surface area contributed by atoms with E-state index in [-0.39, 0.29) is 123 Å². The number of ketones is 2. The number of likely N-dealkylation sites (N-methyl/N-ethyl adjacent to an activating group) is 1. The second kappa shape index (κ2) is 34.9. The minimum atomic E-state index is -1.68. The van der Waals surface area contributed by atoms with E-state index < -0.39 is 119 Å². The molecule has 3 fully saturated rings. The number of carbonyl (C=O) groups excluding carboxylic acids is 12. The Labute approximate surface area is 585 Å². The van der Waals surface area contributed by atoms with E-state index in [4.69, 9.17) is 13.9 Å². The first-order valence-corrected chi connectivity index (χ1v) is 33.8. The number of nitrogens with one attached hydrogen (secondary N) is 4. The summed E-state index contributed by atoms with van der Waals surface area (Å²) in [4.78, 5) is 180. The highest BCUT2D eigenvalue weighted by Gasteiger charge is 2.46. The Hall–Kier alpha value is -10.6. The molecule has 3 saturated heterocycles. The number of aromatic nitrogens is 2. The van der Waals surface area contributed by atoms with Gasteiger partial charge in [-0.05, 0) is 86.9 Å². The zero-order valence-electron chi connectivity index (χ0n) is 58.2. The number of pyridine rings is 1. The van der Waals surface area contributed by atoms with Gasteiger partial charge in [-0.1, -0.05) is 106 Å².